The maximum absolute atomic E-state index is 12.5. The first-order valence-electron chi connectivity index (χ1n) is 8.90. The van der Waals surface area contributed by atoms with E-state index in [-0.39, 0.29) is 18.6 Å². The fourth-order valence-corrected chi connectivity index (χ4v) is 2.70. The second-order valence-electron chi connectivity index (χ2n) is 6.24. The van der Waals surface area contributed by atoms with Crippen molar-refractivity contribution in [2.45, 2.75) is 19.9 Å². The molecule has 0 aliphatic heterocycles. The Morgan fingerprint density at radius 1 is 1.04 bits per heavy atom. The van der Waals surface area contributed by atoms with Gasteiger partial charge in [0.25, 0.3) is 5.91 Å². The van der Waals surface area contributed by atoms with Crippen LogP contribution < -0.4 is 14.4 Å². The molecule has 2 aromatic carbocycles. The first-order valence-corrected chi connectivity index (χ1v) is 8.90. The van der Waals surface area contributed by atoms with Gasteiger partial charge in [-0.2, -0.15) is 0 Å². The molecule has 0 fully saturated rings. The average molecular weight is 383 g/mol. The second-order valence-corrected chi connectivity index (χ2v) is 6.24. The molecule has 0 N–H and O–H groups in total. The second kappa shape index (κ2) is 10.2. The summed E-state index contributed by atoms with van der Waals surface area (Å²) in [6.45, 7) is 3.47. The minimum atomic E-state index is -0.616. The van der Waals surface area contributed by atoms with Gasteiger partial charge in [0.05, 0.1) is 14.2 Å². The smallest absolute Gasteiger partial charge is 0.331 e. The van der Waals surface area contributed by atoms with Crippen molar-refractivity contribution >= 4 is 23.6 Å². The van der Waals surface area contributed by atoms with Crippen LogP contribution in [-0.2, 0) is 14.3 Å². The fraction of sp³-hybridized carbons (Fsp3) is 0.273. The largest absolute Gasteiger partial charge is 0.497 e. The Kier molecular flexibility index (Phi) is 7.63. The molecule has 0 aliphatic rings. The van der Waals surface area contributed by atoms with Crippen molar-refractivity contribution in [3.05, 3.63) is 60.2 Å². The number of carbonyl (C=O) groups excluding carboxylic acids is 2. The van der Waals surface area contributed by atoms with Gasteiger partial charge in [0.2, 0.25) is 0 Å². The molecule has 0 saturated carbocycles. The Balaban J connectivity index is 2.01. The summed E-state index contributed by atoms with van der Waals surface area (Å²) < 4.78 is 15.6. The Bertz CT molecular complexity index is 830. The van der Waals surface area contributed by atoms with Gasteiger partial charge < -0.3 is 19.1 Å². The van der Waals surface area contributed by atoms with Crippen molar-refractivity contribution in [3.8, 4) is 11.5 Å². The summed E-state index contributed by atoms with van der Waals surface area (Å²) in [5.74, 6) is 0.326. The van der Waals surface area contributed by atoms with Gasteiger partial charge in [-0.1, -0.05) is 18.2 Å². The number of hydrogen-bond donors (Lipinski definition) is 0. The van der Waals surface area contributed by atoms with E-state index < -0.39 is 5.97 Å². The van der Waals surface area contributed by atoms with E-state index in [1.807, 2.05) is 44.2 Å². The topological polar surface area (TPSA) is 65.1 Å². The van der Waals surface area contributed by atoms with Gasteiger partial charge in [0.1, 0.15) is 11.5 Å². The van der Waals surface area contributed by atoms with Crippen LogP contribution >= 0.6 is 0 Å². The van der Waals surface area contributed by atoms with Gasteiger partial charge in [-0.25, -0.2) is 4.79 Å². The Hall–Kier alpha value is -3.28. The molecule has 0 radical (unpaired) electrons. The van der Waals surface area contributed by atoms with Crippen LogP contribution in [0.3, 0.4) is 0 Å². The lowest BCUT2D eigenvalue weighted by molar-refractivity contribution is -0.143. The van der Waals surface area contributed by atoms with Crippen molar-refractivity contribution in [1.29, 1.82) is 0 Å². The quantitative estimate of drug-likeness (QED) is 0.514. The number of anilines is 1. The summed E-state index contributed by atoms with van der Waals surface area (Å²) >= 11 is 0. The molecular formula is C22H25NO5. The summed E-state index contributed by atoms with van der Waals surface area (Å²) in [6.07, 6.45) is 2.82. The van der Waals surface area contributed by atoms with Crippen LogP contribution in [0.15, 0.2) is 54.6 Å². The molecule has 2 rings (SSSR count). The first kappa shape index (κ1) is 21.0. The van der Waals surface area contributed by atoms with Crippen molar-refractivity contribution in [1.82, 2.24) is 0 Å². The Labute approximate surface area is 165 Å². The van der Waals surface area contributed by atoms with Gasteiger partial charge in [-0.3, -0.25) is 4.79 Å². The predicted molar refractivity (Wildman–Crippen MR) is 109 cm³/mol. The predicted octanol–water partition coefficient (Wildman–Crippen LogP) is 3.70. The fourth-order valence-electron chi connectivity index (χ4n) is 2.70. The third-order valence-corrected chi connectivity index (χ3v) is 3.99. The van der Waals surface area contributed by atoms with Gasteiger partial charge in [-0.15, -0.1) is 0 Å². The molecule has 2 aromatic rings. The number of para-hydroxylation sites is 1. The summed E-state index contributed by atoms with van der Waals surface area (Å²) in [7, 11) is 3.10. The lowest BCUT2D eigenvalue weighted by Gasteiger charge is -2.26. The molecule has 0 atom stereocenters. The SMILES string of the molecule is COc1ccc(OC)c(/C=C/C(=O)OCC(=O)N(c2ccccc2)C(C)C)c1. The van der Waals surface area contributed by atoms with Crippen molar-refractivity contribution in [2.75, 3.05) is 25.7 Å². The van der Waals surface area contributed by atoms with Crippen LogP contribution in [-0.4, -0.2) is 38.7 Å². The Morgan fingerprint density at radius 2 is 1.75 bits per heavy atom. The van der Waals surface area contributed by atoms with E-state index in [0.29, 0.717) is 17.1 Å². The summed E-state index contributed by atoms with van der Waals surface area (Å²) in [5, 5.41) is 0. The molecule has 0 aromatic heterocycles. The lowest BCUT2D eigenvalue weighted by Crippen LogP contribution is -2.39. The van der Waals surface area contributed by atoms with Gasteiger partial charge >= 0.3 is 5.97 Å². The maximum Gasteiger partial charge on any atom is 0.331 e. The molecule has 0 spiro atoms. The highest BCUT2D eigenvalue weighted by molar-refractivity contribution is 5.97. The molecule has 0 bridgehead atoms. The van der Waals surface area contributed by atoms with E-state index in [9.17, 15) is 9.59 Å². The van der Waals surface area contributed by atoms with E-state index in [1.54, 1.807) is 43.4 Å². The average Bonchev–Trinajstić information content (AvgIpc) is 2.71. The van der Waals surface area contributed by atoms with E-state index >= 15 is 0 Å². The number of nitrogens with zero attached hydrogens (tertiary/aromatic N) is 1. The lowest BCUT2D eigenvalue weighted by atomic mass is 10.1. The molecule has 1 amide bonds. The molecule has 0 saturated heterocycles. The molecule has 0 heterocycles. The van der Waals surface area contributed by atoms with Gasteiger partial charge in [0, 0.05) is 23.4 Å². The van der Waals surface area contributed by atoms with Crippen LogP contribution in [0.2, 0.25) is 0 Å². The minimum absolute atomic E-state index is 0.0646. The summed E-state index contributed by atoms with van der Waals surface area (Å²) in [4.78, 5) is 26.2. The van der Waals surface area contributed by atoms with Crippen molar-refractivity contribution in [2.24, 2.45) is 0 Å². The molecule has 6 heteroatoms. The summed E-state index contributed by atoms with van der Waals surface area (Å²) in [6, 6.07) is 14.5. The number of ether oxygens (including phenoxy) is 3. The Morgan fingerprint density at radius 3 is 2.36 bits per heavy atom. The van der Waals surface area contributed by atoms with Gasteiger partial charge in [-0.05, 0) is 50.3 Å². The molecule has 148 valence electrons. The number of rotatable bonds is 8. The third kappa shape index (κ3) is 5.61. The van der Waals surface area contributed by atoms with E-state index in [4.69, 9.17) is 14.2 Å². The minimum Gasteiger partial charge on any atom is -0.497 e. The molecule has 0 aliphatic carbocycles. The number of methoxy groups -OCH3 is 2. The van der Waals surface area contributed by atoms with Gasteiger partial charge in [0.15, 0.2) is 6.61 Å². The van der Waals surface area contributed by atoms with Crippen LogP contribution in [0.25, 0.3) is 6.08 Å². The van der Waals surface area contributed by atoms with Crippen molar-refractivity contribution < 1.29 is 23.8 Å². The molecule has 6 nitrogen and oxygen atoms in total. The van der Waals surface area contributed by atoms with Crippen molar-refractivity contribution in [3.63, 3.8) is 0 Å². The highest BCUT2D eigenvalue weighted by Crippen LogP contribution is 2.25. The number of hydrogen-bond acceptors (Lipinski definition) is 5. The highest BCUT2D eigenvalue weighted by Gasteiger charge is 2.19. The van der Waals surface area contributed by atoms with Crippen LogP contribution in [0.1, 0.15) is 19.4 Å². The zero-order chi connectivity index (χ0) is 20.5. The summed E-state index contributed by atoms with van der Waals surface area (Å²) in [5.41, 5.74) is 1.42. The highest BCUT2D eigenvalue weighted by atomic mass is 16.5. The van der Waals surface area contributed by atoms with E-state index in [1.165, 1.54) is 6.08 Å². The number of carbonyl (C=O) groups is 2. The van der Waals surface area contributed by atoms with Crippen LogP contribution in [0, 0.1) is 0 Å². The van der Waals surface area contributed by atoms with Crippen LogP contribution in [0.4, 0.5) is 5.69 Å². The number of amides is 1. The van der Waals surface area contributed by atoms with E-state index in [2.05, 4.69) is 0 Å². The maximum atomic E-state index is 12.5. The first-order chi connectivity index (χ1) is 13.5. The zero-order valence-electron chi connectivity index (χ0n) is 16.5. The number of esters is 1. The molecule has 0 unspecified atom stereocenters. The third-order valence-electron chi connectivity index (χ3n) is 3.99. The van der Waals surface area contributed by atoms with E-state index in [0.717, 1.165) is 5.69 Å². The van der Waals surface area contributed by atoms with Crippen LogP contribution in [0.5, 0.6) is 11.5 Å². The zero-order valence-corrected chi connectivity index (χ0v) is 16.5. The molecule has 28 heavy (non-hydrogen) atoms. The molecular weight excluding hydrogens is 358 g/mol. The standard InChI is InChI=1S/C22H25NO5/c1-16(2)23(18-8-6-5-7-9-18)21(24)15-28-22(25)13-10-17-14-19(26-3)11-12-20(17)27-4/h5-14,16H,15H2,1-4H3/b13-10+. The normalized spacial score (nSPS) is 10.8. The monoisotopic (exact) mass is 383 g/mol. The number of benzene rings is 2.